The van der Waals surface area contributed by atoms with E-state index in [4.69, 9.17) is 9.68 Å². The molecule has 1 N–H and O–H groups in total. The number of fused-ring (bicyclic) bond motifs is 4. The first-order chi connectivity index (χ1) is 11.2. The first-order valence-electron chi connectivity index (χ1n) is 8.13. The molecule has 0 aliphatic carbocycles. The van der Waals surface area contributed by atoms with Gasteiger partial charge in [0, 0.05) is 23.0 Å². The lowest BCUT2D eigenvalue weighted by atomic mass is 9.79. The Labute approximate surface area is 134 Å². The first kappa shape index (κ1) is 14.3. The van der Waals surface area contributed by atoms with Gasteiger partial charge in [-0.1, -0.05) is 0 Å². The number of nitrogens with one attached hydrogen (secondary N) is 1. The minimum Gasteiger partial charge on any atom is -0.463 e. The molecule has 2 bridgehead atoms. The van der Waals surface area contributed by atoms with Gasteiger partial charge in [0.05, 0.1) is 5.56 Å². The number of furan rings is 1. The number of hydrogen-bond acceptors (Lipinski definition) is 4. The van der Waals surface area contributed by atoms with Crippen LogP contribution in [0, 0.1) is 17.2 Å². The smallest absolute Gasteiger partial charge is 0.251 e. The van der Waals surface area contributed by atoms with Gasteiger partial charge in [0.1, 0.15) is 17.9 Å². The van der Waals surface area contributed by atoms with Gasteiger partial charge in [-0.2, -0.15) is 5.26 Å². The molecule has 0 radical (unpaired) electrons. The van der Waals surface area contributed by atoms with Crippen LogP contribution in [0.5, 0.6) is 0 Å². The number of nitrogens with zero attached hydrogens (tertiary/aromatic N) is 2. The summed E-state index contributed by atoms with van der Waals surface area (Å²) < 4.78 is 5.38. The maximum absolute atomic E-state index is 12.6. The van der Waals surface area contributed by atoms with Gasteiger partial charge in [0.25, 0.3) is 5.91 Å². The average Bonchev–Trinajstić information content (AvgIpc) is 3.00. The van der Waals surface area contributed by atoms with E-state index < -0.39 is 0 Å². The molecule has 1 amide bonds. The third-order valence-corrected chi connectivity index (χ3v) is 5.43. The number of nitriles is 1. The summed E-state index contributed by atoms with van der Waals surface area (Å²) in [5, 5.41) is 13.0. The van der Waals surface area contributed by atoms with Crippen molar-refractivity contribution in [2.24, 2.45) is 5.92 Å². The second kappa shape index (κ2) is 5.39. The summed E-state index contributed by atoms with van der Waals surface area (Å²) >= 11 is 0. The van der Waals surface area contributed by atoms with E-state index in [1.807, 2.05) is 0 Å². The molecule has 3 saturated heterocycles. The third-order valence-electron chi connectivity index (χ3n) is 5.43. The fourth-order valence-electron chi connectivity index (χ4n) is 4.04. The largest absolute Gasteiger partial charge is 0.463 e. The van der Waals surface area contributed by atoms with Crippen molar-refractivity contribution in [1.29, 1.82) is 5.26 Å². The zero-order chi connectivity index (χ0) is 16.0. The standard InChI is InChI=1S/C18H19N3O2/c1-11-17(12-4-6-21(11)7-5-12)20-18(22)13-2-3-15-14(9-19)10-23-16(15)8-13/h2-3,8,10-12,17H,4-7H2,1H3,(H,20,22)/t11-,17-/m0/s1. The fraction of sp³-hybridized carbons (Fsp3) is 0.444. The molecule has 1 aromatic carbocycles. The molecule has 5 heteroatoms. The van der Waals surface area contributed by atoms with Crippen LogP contribution in [-0.4, -0.2) is 36.0 Å². The van der Waals surface area contributed by atoms with E-state index in [0.717, 1.165) is 31.3 Å². The molecule has 3 fully saturated rings. The lowest BCUT2D eigenvalue weighted by Crippen LogP contribution is -2.62. The molecule has 2 atom stereocenters. The van der Waals surface area contributed by atoms with Crippen LogP contribution in [0.15, 0.2) is 28.9 Å². The highest BCUT2D eigenvalue weighted by molar-refractivity contribution is 5.98. The summed E-state index contributed by atoms with van der Waals surface area (Å²) in [6.45, 7) is 4.49. The molecule has 118 valence electrons. The summed E-state index contributed by atoms with van der Waals surface area (Å²) in [5.74, 6) is 0.517. The molecule has 4 heterocycles. The van der Waals surface area contributed by atoms with E-state index in [1.165, 1.54) is 6.26 Å². The monoisotopic (exact) mass is 309 g/mol. The van der Waals surface area contributed by atoms with E-state index in [9.17, 15) is 4.79 Å². The van der Waals surface area contributed by atoms with Crippen molar-refractivity contribution in [2.75, 3.05) is 13.1 Å². The Morgan fingerprint density at radius 3 is 2.87 bits per heavy atom. The second-order valence-electron chi connectivity index (χ2n) is 6.59. The van der Waals surface area contributed by atoms with Gasteiger partial charge in [0.2, 0.25) is 0 Å². The molecule has 0 unspecified atom stereocenters. The van der Waals surface area contributed by atoms with Gasteiger partial charge in [-0.25, -0.2) is 0 Å². The number of benzene rings is 1. The molecule has 3 aliphatic rings. The summed E-state index contributed by atoms with van der Waals surface area (Å²) in [6, 6.07) is 7.96. The zero-order valence-corrected chi connectivity index (χ0v) is 13.1. The summed E-state index contributed by atoms with van der Waals surface area (Å²) in [7, 11) is 0. The van der Waals surface area contributed by atoms with Crippen LogP contribution in [0.2, 0.25) is 0 Å². The Bertz CT molecular complexity index is 794. The normalized spacial score (nSPS) is 29.4. The highest BCUT2D eigenvalue weighted by Crippen LogP contribution is 2.32. The van der Waals surface area contributed by atoms with Crippen LogP contribution in [0.3, 0.4) is 0 Å². The van der Waals surface area contributed by atoms with Gasteiger partial charge in [-0.05, 0) is 57.0 Å². The molecule has 5 rings (SSSR count). The molecule has 3 aliphatic heterocycles. The van der Waals surface area contributed by atoms with E-state index in [-0.39, 0.29) is 11.9 Å². The second-order valence-corrected chi connectivity index (χ2v) is 6.59. The quantitative estimate of drug-likeness (QED) is 0.925. The Balaban J connectivity index is 1.56. The van der Waals surface area contributed by atoms with E-state index >= 15 is 0 Å². The van der Waals surface area contributed by atoms with Gasteiger partial charge < -0.3 is 9.73 Å². The Morgan fingerprint density at radius 2 is 2.17 bits per heavy atom. The number of hydrogen-bond donors (Lipinski definition) is 1. The third kappa shape index (κ3) is 2.30. The van der Waals surface area contributed by atoms with Crippen LogP contribution in [-0.2, 0) is 0 Å². The Hall–Kier alpha value is -2.32. The topological polar surface area (TPSA) is 69.3 Å². The molecule has 1 aromatic heterocycles. The summed E-state index contributed by atoms with van der Waals surface area (Å²) in [5.41, 5.74) is 1.66. The van der Waals surface area contributed by atoms with Crippen molar-refractivity contribution < 1.29 is 9.21 Å². The maximum Gasteiger partial charge on any atom is 0.251 e. The number of carbonyl (C=O) groups excluding carboxylic acids is 1. The fourth-order valence-corrected chi connectivity index (χ4v) is 4.04. The average molecular weight is 309 g/mol. The van der Waals surface area contributed by atoms with E-state index in [2.05, 4.69) is 23.2 Å². The highest BCUT2D eigenvalue weighted by Gasteiger charge is 2.40. The molecular formula is C18H19N3O2. The first-order valence-corrected chi connectivity index (χ1v) is 8.13. The minimum atomic E-state index is -0.0626. The molecule has 0 saturated carbocycles. The molecule has 23 heavy (non-hydrogen) atoms. The molecular weight excluding hydrogens is 290 g/mol. The van der Waals surface area contributed by atoms with Gasteiger partial charge in [-0.3, -0.25) is 9.69 Å². The Morgan fingerprint density at radius 1 is 1.39 bits per heavy atom. The van der Waals surface area contributed by atoms with Gasteiger partial charge in [-0.15, -0.1) is 0 Å². The Kier molecular flexibility index (Phi) is 3.35. The zero-order valence-electron chi connectivity index (χ0n) is 13.1. The predicted molar refractivity (Wildman–Crippen MR) is 85.9 cm³/mol. The molecule has 5 nitrogen and oxygen atoms in total. The number of rotatable bonds is 2. The van der Waals surface area contributed by atoms with Crippen molar-refractivity contribution >= 4 is 16.9 Å². The van der Waals surface area contributed by atoms with Crippen molar-refractivity contribution in [3.8, 4) is 6.07 Å². The van der Waals surface area contributed by atoms with E-state index in [0.29, 0.717) is 28.7 Å². The van der Waals surface area contributed by atoms with E-state index in [1.54, 1.807) is 18.2 Å². The lowest BCUT2D eigenvalue weighted by Gasteiger charge is -2.49. The van der Waals surface area contributed by atoms with Crippen LogP contribution < -0.4 is 5.32 Å². The van der Waals surface area contributed by atoms with Crippen molar-refractivity contribution in [1.82, 2.24) is 10.2 Å². The SMILES string of the molecule is C[C@H]1[C@H](NC(=O)c2ccc3c(C#N)coc3c2)C2CCN1CC2. The van der Waals surface area contributed by atoms with Crippen LogP contribution >= 0.6 is 0 Å². The lowest BCUT2D eigenvalue weighted by molar-refractivity contribution is 0.0217. The van der Waals surface area contributed by atoms with Gasteiger partial charge >= 0.3 is 0 Å². The highest BCUT2D eigenvalue weighted by atomic mass is 16.3. The van der Waals surface area contributed by atoms with Crippen molar-refractivity contribution in [3.05, 3.63) is 35.6 Å². The van der Waals surface area contributed by atoms with Crippen LogP contribution in [0.4, 0.5) is 0 Å². The van der Waals surface area contributed by atoms with Gasteiger partial charge in [0.15, 0.2) is 0 Å². The number of piperidine rings is 3. The molecule has 0 spiro atoms. The maximum atomic E-state index is 12.6. The van der Waals surface area contributed by atoms with Crippen molar-refractivity contribution in [3.63, 3.8) is 0 Å². The van der Waals surface area contributed by atoms with Crippen molar-refractivity contribution in [2.45, 2.75) is 31.8 Å². The summed E-state index contributed by atoms with van der Waals surface area (Å²) in [4.78, 5) is 15.1. The summed E-state index contributed by atoms with van der Waals surface area (Å²) in [6.07, 6.45) is 3.76. The number of carbonyl (C=O) groups is 1. The predicted octanol–water partition coefficient (Wildman–Crippen LogP) is 2.52. The number of amides is 1. The molecule has 2 aromatic rings. The van der Waals surface area contributed by atoms with Crippen LogP contribution in [0.25, 0.3) is 11.0 Å². The minimum absolute atomic E-state index is 0.0626. The van der Waals surface area contributed by atoms with Crippen LogP contribution in [0.1, 0.15) is 35.7 Å².